The third-order valence-electron chi connectivity index (χ3n) is 2.87. The lowest BCUT2D eigenvalue weighted by molar-refractivity contribution is 0.433. The smallest absolute Gasteiger partial charge is 0.125 e. The summed E-state index contributed by atoms with van der Waals surface area (Å²) >= 11 is 7.10. The molecule has 0 aliphatic heterocycles. The molecular formula is C14H15Br2NO. The molecule has 96 valence electrons. The Morgan fingerprint density at radius 3 is 2.61 bits per heavy atom. The van der Waals surface area contributed by atoms with Gasteiger partial charge in [-0.1, -0.05) is 38.8 Å². The number of aryl methyl sites for hydroxylation is 1. The van der Waals surface area contributed by atoms with Crippen LogP contribution in [0, 0.1) is 0 Å². The van der Waals surface area contributed by atoms with Gasteiger partial charge in [0.2, 0.25) is 0 Å². The van der Waals surface area contributed by atoms with Crippen LogP contribution in [0.5, 0.6) is 0 Å². The maximum atomic E-state index is 5.84. The zero-order chi connectivity index (χ0) is 13.1. The van der Waals surface area contributed by atoms with Crippen LogP contribution in [0.2, 0.25) is 0 Å². The first-order valence-electron chi connectivity index (χ1n) is 5.86. The molecule has 0 fully saturated rings. The fraction of sp³-hybridized carbons (Fsp3) is 0.286. The van der Waals surface area contributed by atoms with Gasteiger partial charge in [0.25, 0.3) is 0 Å². The van der Waals surface area contributed by atoms with E-state index in [1.165, 1.54) is 0 Å². The van der Waals surface area contributed by atoms with Crippen molar-refractivity contribution in [2.45, 2.75) is 19.4 Å². The Bertz CT molecular complexity index is 536. The zero-order valence-corrected chi connectivity index (χ0v) is 13.5. The van der Waals surface area contributed by atoms with E-state index in [1.807, 2.05) is 31.3 Å². The van der Waals surface area contributed by atoms with Crippen molar-refractivity contribution in [2.24, 2.45) is 0 Å². The monoisotopic (exact) mass is 371 g/mol. The number of nitrogens with one attached hydrogen (secondary N) is 1. The van der Waals surface area contributed by atoms with Gasteiger partial charge in [-0.3, -0.25) is 0 Å². The molecule has 0 radical (unpaired) electrons. The summed E-state index contributed by atoms with van der Waals surface area (Å²) in [6, 6.07) is 10.3. The highest BCUT2D eigenvalue weighted by Crippen LogP contribution is 2.31. The number of benzene rings is 1. The van der Waals surface area contributed by atoms with Crippen LogP contribution in [0.15, 0.2) is 43.7 Å². The highest BCUT2D eigenvalue weighted by atomic mass is 79.9. The van der Waals surface area contributed by atoms with Crippen molar-refractivity contribution >= 4 is 31.9 Å². The molecule has 1 aromatic carbocycles. The molecule has 0 amide bonds. The summed E-state index contributed by atoms with van der Waals surface area (Å²) in [4.78, 5) is 0. The van der Waals surface area contributed by atoms with Crippen molar-refractivity contribution in [1.82, 2.24) is 5.32 Å². The standard InChI is InChI=1S/C14H15Br2NO/c1-3-10-5-7-13(18-10)14(17-2)11-8-9(15)4-6-12(11)16/h4-8,14,17H,3H2,1-2H3. The Labute approximate surface area is 124 Å². The minimum Gasteiger partial charge on any atom is -0.464 e. The predicted molar refractivity (Wildman–Crippen MR) is 80.8 cm³/mol. The Morgan fingerprint density at radius 2 is 2.00 bits per heavy atom. The van der Waals surface area contributed by atoms with Crippen LogP contribution in [0.25, 0.3) is 0 Å². The summed E-state index contributed by atoms with van der Waals surface area (Å²) in [6.07, 6.45) is 0.913. The van der Waals surface area contributed by atoms with Gasteiger partial charge in [0, 0.05) is 15.4 Å². The number of furan rings is 1. The maximum Gasteiger partial charge on any atom is 0.125 e. The van der Waals surface area contributed by atoms with E-state index in [9.17, 15) is 0 Å². The molecule has 4 heteroatoms. The summed E-state index contributed by atoms with van der Waals surface area (Å²) in [5.41, 5.74) is 1.16. The third kappa shape index (κ3) is 2.87. The van der Waals surface area contributed by atoms with E-state index in [2.05, 4.69) is 50.2 Å². The zero-order valence-electron chi connectivity index (χ0n) is 10.3. The van der Waals surface area contributed by atoms with Crippen molar-refractivity contribution in [1.29, 1.82) is 0 Å². The van der Waals surface area contributed by atoms with Gasteiger partial charge in [0.1, 0.15) is 11.5 Å². The average molecular weight is 373 g/mol. The Hall–Kier alpha value is -0.580. The summed E-state index contributed by atoms with van der Waals surface area (Å²) in [5, 5.41) is 3.30. The molecule has 1 atom stereocenters. The van der Waals surface area contributed by atoms with E-state index < -0.39 is 0 Å². The Kier molecular flexibility index (Phi) is 4.65. The first-order chi connectivity index (χ1) is 8.65. The fourth-order valence-electron chi connectivity index (χ4n) is 1.93. The van der Waals surface area contributed by atoms with Crippen LogP contribution in [0.3, 0.4) is 0 Å². The highest BCUT2D eigenvalue weighted by Gasteiger charge is 2.18. The number of hydrogen-bond donors (Lipinski definition) is 1. The van der Waals surface area contributed by atoms with Gasteiger partial charge in [0.15, 0.2) is 0 Å². The molecule has 0 aliphatic rings. The minimum absolute atomic E-state index is 0.0529. The van der Waals surface area contributed by atoms with Crippen molar-refractivity contribution in [3.05, 3.63) is 56.4 Å². The van der Waals surface area contributed by atoms with Crippen molar-refractivity contribution in [2.75, 3.05) is 7.05 Å². The SMILES string of the molecule is CCc1ccc(C(NC)c2cc(Br)ccc2Br)o1. The lowest BCUT2D eigenvalue weighted by Crippen LogP contribution is -2.17. The fourth-order valence-corrected chi connectivity index (χ4v) is 2.78. The molecule has 18 heavy (non-hydrogen) atoms. The van der Waals surface area contributed by atoms with Crippen molar-refractivity contribution in [3.8, 4) is 0 Å². The molecule has 2 aromatic rings. The molecule has 0 bridgehead atoms. The second kappa shape index (κ2) is 6.04. The quantitative estimate of drug-likeness (QED) is 0.843. The van der Waals surface area contributed by atoms with Gasteiger partial charge in [-0.05, 0) is 42.9 Å². The predicted octanol–water partition coefficient (Wildman–Crippen LogP) is 4.68. The van der Waals surface area contributed by atoms with Crippen LogP contribution in [0.4, 0.5) is 0 Å². The first kappa shape index (κ1) is 13.8. The number of hydrogen-bond acceptors (Lipinski definition) is 2. The molecule has 0 saturated heterocycles. The minimum atomic E-state index is 0.0529. The van der Waals surface area contributed by atoms with E-state index in [0.717, 1.165) is 32.5 Å². The first-order valence-corrected chi connectivity index (χ1v) is 7.45. The van der Waals surface area contributed by atoms with Crippen molar-refractivity contribution < 1.29 is 4.42 Å². The molecule has 1 N–H and O–H groups in total. The lowest BCUT2D eigenvalue weighted by Gasteiger charge is -2.16. The second-order valence-electron chi connectivity index (χ2n) is 4.05. The molecule has 0 saturated carbocycles. The highest BCUT2D eigenvalue weighted by molar-refractivity contribution is 9.11. The van der Waals surface area contributed by atoms with Gasteiger partial charge in [0.05, 0.1) is 6.04 Å². The normalized spacial score (nSPS) is 12.7. The third-order valence-corrected chi connectivity index (χ3v) is 4.09. The lowest BCUT2D eigenvalue weighted by atomic mass is 10.1. The average Bonchev–Trinajstić information content (AvgIpc) is 2.83. The summed E-state index contributed by atoms with van der Waals surface area (Å²) in [7, 11) is 1.94. The molecule has 2 rings (SSSR count). The molecular weight excluding hydrogens is 358 g/mol. The summed E-state index contributed by atoms with van der Waals surface area (Å²) in [6.45, 7) is 2.09. The summed E-state index contributed by atoms with van der Waals surface area (Å²) in [5.74, 6) is 1.95. The topological polar surface area (TPSA) is 25.2 Å². The molecule has 1 aromatic heterocycles. The second-order valence-corrected chi connectivity index (χ2v) is 5.82. The Balaban J connectivity index is 2.41. The van der Waals surface area contributed by atoms with Crippen LogP contribution < -0.4 is 5.32 Å². The molecule has 0 spiro atoms. The van der Waals surface area contributed by atoms with Crippen LogP contribution >= 0.6 is 31.9 Å². The number of halogens is 2. The molecule has 0 aliphatic carbocycles. The molecule has 1 heterocycles. The van der Waals surface area contributed by atoms with Crippen LogP contribution in [-0.2, 0) is 6.42 Å². The Morgan fingerprint density at radius 1 is 1.22 bits per heavy atom. The van der Waals surface area contributed by atoms with E-state index >= 15 is 0 Å². The maximum absolute atomic E-state index is 5.84. The van der Waals surface area contributed by atoms with Gasteiger partial charge in [-0.2, -0.15) is 0 Å². The van der Waals surface area contributed by atoms with E-state index in [-0.39, 0.29) is 6.04 Å². The number of rotatable bonds is 4. The van der Waals surface area contributed by atoms with Gasteiger partial charge in [-0.25, -0.2) is 0 Å². The largest absolute Gasteiger partial charge is 0.464 e. The molecule has 1 unspecified atom stereocenters. The van der Waals surface area contributed by atoms with Crippen molar-refractivity contribution in [3.63, 3.8) is 0 Å². The van der Waals surface area contributed by atoms with E-state index in [4.69, 9.17) is 4.42 Å². The van der Waals surface area contributed by atoms with Crippen LogP contribution in [0.1, 0.15) is 30.0 Å². The van der Waals surface area contributed by atoms with E-state index in [0.29, 0.717) is 0 Å². The van der Waals surface area contributed by atoms with Crippen LogP contribution in [-0.4, -0.2) is 7.05 Å². The van der Waals surface area contributed by atoms with Gasteiger partial charge < -0.3 is 9.73 Å². The van der Waals surface area contributed by atoms with Gasteiger partial charge >= 0.3 is 0 Å². The summed E-state index contributed by atoms with van der Waals surface area (Å²) < 4.78 is 7.96. The molecule has 2 nitrogen and oxygen atoms in total. The van der Waals surface area contributed by atoms with E-state index in [1.54, 1.807) is 0 Å². The van der Waals surface area contributed by atoms with Gasteiger partial charge in [-0.15, -0.1) is 0 Å².